The minimum Gasteiger partial charge on any atom is -0.504 e. The van der Waals surface area contributed by atoms with E-state index in [2.05, 4.69) is 5.32 Å². The Bertz CT molecular complexity index is 602. The molecule has 0 saturated heterocycles. The first-order chi connectivity index (χ1) is 9.06. The van der Waals surface area contributed by atoms with Crippen LogP contribution in [0, 0.1) is 0 Å². The zero-order chi connectivity index (χ0) is 13.8. The minimum atomic E-state index is -0.750. The normalized spacial score (nSPS) is 10.0. The summed E-state index contributed by atoms with van der Waals surface area (Å²) in [5.41, 5.74) is 0.0819. The maximum absolute atomic E-state index is 11.6. The van der Waals surface area contributed by atoms with Gasteiger partial charge in [-0.2, -0.15) is 0 Å². The first-order valence-electron chi connectivity index (χ1n) is 5.28. The fourth-order valence-corrected chi connectivity index (χ4v) is 1.89. The molecule has 98 valence electrons. The second-order valence-electron chi connectivity index (χ2n) is 3.61. The van der Waals surface area contributed by atoms with Gasteiger partial charge in [0, 0.05) is 5.02 Å². The Balaban J connectivity index is 2.11. The van der Waals surface area contributed by atoms with Crippen molar-refractivity contribution in [3.05, 3.63) is 52.5 Å². The van der Waals surface area contributed by atoms with E-state index in [0.717, 1.165) is 0 Å². The summed E-state index contributed by atoms with van der Waals surface area (Å²) in [5.74, 6) is 0.115. The van der Waals surface area contributed by atoms with Crippen molar-refractivity contribution in [1.82, 2.24) is 0 Å². The van der Waals surface area contributed by atoms with E-state index < -0.39 is 6.09 Å². The molecule has 0 saturated carbocycles. The average Bonchev–Trinajstić information content (AvgIpc) is 2.36. The summed E-state index contributed by atoms with van der Waals surface area (Å²) in [6, 6.07) is 11.3. The molecule has 0 aliphatic heterocycles. The molecule has 0 unspecified atom stereocenters. The molecule has 1 amide bonds. The van der Waals surface area contributed by atoms with Crippen molar-refractivity contribution in [3.63, 3.8) is 0 Å². The molecule has 2 aromatic carbocycles. The van der Waals surface area contributed by atoms with Gasteiger partial charge in [-0.25, -0.2) is 4.79 Å². The molecule has 0 aliphatic carbocycles. The van der Waals surface area contributed by atoms with Crippen LogP contribution >= 0.6 is 23.2 Å². The molecule has 2 N–H and O–H groups in total. The number of rotatable bonds is 2. The number of phenols is 1. The fourth-order valence-electron chi connectivity index (χ4n) is 1.39. The number of phenolic OH excluding ortho intramolecular Hbond substituents is 1. The monoisotopic (exact) mass is 297 g/mol. The van der Waals surface area contributed by atoms with Crippen LogP contribution in [0.15, 0.2) is 42.5 Å². The van der Waals surface area contributed by atoms with Crippen LogP contribution in [0.25, 0.3) is 0 Å². The standard InChI is InChI=1S/C13H9Cl2NO3/c14-8-6-10(15)12(17)11(7-8)16-13(18)19-9-4-2-1-3-5-9/h1-7,17H,(H,16,18). The summed E-state index contributed by atoms with van der Waals surface area (Å²) in [6.07, 6.45) is -0.750. The largest absolute Gasteiger partial charge is 0.504 e. The van der Waals surface area contributed by atoms with E-state index in [-0.39, 0.29) is 21.5 Å². The molecular formula is C13H9Cl2NO3. The molecular weight excluding hydrogens is 289 g/mol. The number of carbonyl (C=O) groups is 1. The molecule has 0 bridgehead atoms. The van der Waals surface area contributed by atoms with Gasteiger partial charge in [0.25, 0.3) is 0 Å². The van der Waals surface area contributed by atoms with Crippen LogP contribution in [0.1, 0.15) is 0 Å². The van der Waals surface area contributed by atoms with Crippen LogP contribution in [0.4, 0.5) is 10.5 Å². The van der Waals surface area contributed by atoms with Gasteiger partial charge in [0.05, 0.1) is 10.7 Å². The maximum Gasteiger partial charge on any atom is 0.417 e. The third-order valence-corrected chi connectivity index (χ3v) is 2.72. The van der Waals surface area contributed by atoms with E-state index in [9.17, 15) is 9.90 Å². The van der Waals surface area contributed by atoms with Crippen LogP contribution in [0.2, 0.25) is 10.0 Å². The third kappa shape index (κ3) is 3.53. The number of amides is 1. The van der Waals surface area contributed by atoms with Crippen molar-refractivity contribution < 1.29 is 14.6 Å². The number of aromatic hydroxyl groups is 1. The SMILES string of the molecule is O=C(Nc1cc(Cl)cc(Cl)c1O)Oc1ccccc1. The molecule has 0 fully saturated rings. The van der Waals surface area contributed by atoms with Gasteiger partial charge in [-0.1, -0.05) is 41.4 Å². The number of para-hydroxylation sites is 1. The highest BCUT2D eigenvalue weighted by molar-refractivity contribution is 6.36. The number of halogens is 2. The number of hydrogen-bond acceptors (Lipinski definition) is 3. The van der Waals surface area contributed by atoms with E-state index in [4.69, 9.17) is 27.9 Å². The predicted molar refractivity (Wildman–Crippen MR) is 74.2 cm³/mol. The first kappa shape index (κ1) is 13.5. The zero-order valence-electron chi connectivity index (χ0n) is 9.56. The minimum absolute atomic E-state index is 0.0440. The van der Waals surface area contributed by atoms with Gasteiger partial charge in [-0.3, -0.25) is 5.32 Å². The van der Waals surface area contributed by atoms with E-state index in [0.29, 0.717) is 5.75 Å². The van der Waals surface area contributed by atoms with Crippen LogP contribution < -0.4 is 10.1 Å². The van der Waals surface area contributed by atoms with E-state index in [1.807, 2.05) is 0 Å². The Morgan fingerprint density at radius 1 is 1.16 bits per heavy atom. The van der Waals surface area contributed by atoms with Gasteiger partial charge in [0.15, 0.2) is 5.75 Å². The van der Waals surface area contributed by atoms with Crippen LogP contribution in [-0.4, -0.2) is 11.2 Å². The molecule has 0 radical (unpaired) electrons. The highest BCUT2D eigenvalue weighted by atomic mass is 35.5. The van der Waals surface area contributed by atoms with E-state index in [1.165, 1.54) is 12.1 Å². The molecule has 2 aromatic rings. The van der Waals surface area contributed by atoms with Crippen LogP contribution in [-0.2, 0) is 0 Å². The van der Waals surface area contributed by atoms with E-state index in [1.54, 1.807) is 30.3 Å². The molecule has 2 rings (SSSR count). The smallest absolute Gasteiger partial charge is 0.417 e. The highest BCUT2D eigenvalue weighted by Gasteiger charge is 2.12. The molecule has 0 aromatic heterocycles. The lowest BCUT2D eigenvalue weighted by molar-refractivity contribution is 0.215. The molecule has 6 heteroatoms. The quantitative estimate of drug-likeness (QED) is 0.812. The van der Waals surface area contributed by atoms with Gasteiger partial charge >= 0.3 is 6.09 Å². The number of ether oxygens (including phenoxy) is 1. The highest BCUT2D eigenvalue weighted by Crippen LogP contribution is 2.35. The molecule has 4 nitrogen and oxygen atoms in total. The number of carbonyl (C=O) groups excluding carboxylic acids is 1. The molecule has 0 heterocycles. The second kappa shape index (κ2) is 5.82. The number of nitrogens with one attached hydrogen (secondary N) is 1. The average molecular weight is 298 g/mol. The van der Waals surface area contributed by atoms with Crippen molar-refractivity contribution >= 4 is 35.0 Å². The fraction of sp³-hybridized carbons (Fsp3) is 0. The maximum atomic E-state index is 11.6. The van der Waals surface area contributed by atoms with Crippen molar-refractivity contribution in [2.45, 2.75) is 0 Å². The van der Waals surface area contributed by atoms with E-state index >= 15 is 0 Å². The Kier molecular flexibility index (Phi) is 4.14. The Hall–Kier alpha value is -1.91. The lowest BCUT2D eigenvalue weighted by atomic mass is 10.3. The summed E-state index contributed by atoms with van der Waals surface area (Å²) in [5, 5.41) is 12.4. The second-order valence-corrected chi connectivity index (χ2v) is 4.45. The summed E-state index contributed by atoms with van der Waals surface area (Å²) >= 11 is 11.5. The van der Waals surface area contributed by atoms with Gasteiger partial charge < -0.3 is 9.84 Å². The first-order valence-corrected chi connectivity index (χ1v) is 6.04. The number of benzene rings is 2. The Labute approximate surface area is 119 Å². The van der Waals surface area contributed by atoms with Gasteiger partial charge in [0.1, 0.15) is 5.75 Å². The topological polar surface area (TPSA) is 58.6 Å². The summed E-state index contributed by atoms with van der Waals surface area (Å²) in [7, 11) is 0. The van der Waals surface area contributed by atoms with Gasteiger partial charge in [-0.15, -0.1) is 0 Å². The summed E-state index contributed by atoms with van der Waals surface area (Å²) < 4.78 is 5.01. The molecule has 0 aliphatic rings. The number of anilines is 1. The molecule has 19 heavy (non-hydrogen) atoms. The lowest BCUT2D eigenvalue weighted by Crippen LogP contribution is -2.16. The Morgan fingerprint density at radius 2 is 1.84 bits per heavy atom. The molecule has 0 atom stereocenters. The zero-order valence-corrected chi connectivity index (χ0v) is 11.1. The summed E-state index contributed by atoms with van der Waals surface area (Å²) in [6.45, 7) is 0. The third-order valence-electron chi connectivity index (χ3n) is 2.22. The molecule has 0 spiro atoms. The van der Waals surface area contributed by atoms with Gasteiger partial charge in [-0.05, 0) is 24.3 Å². The Morgan fingerprint density at radius 3 is 2.53 bits per heavy atom. The van der Waals surface area contributed by atoms with Crippen molar-refractivity contribution in [2.75, 3.05) is 5.32 Å². The van der Waals surface area contributed by atoms with Crippen LogP contribution in [0.5, 0.6) is 11.5 Å². The van der Waals surface area contributed by atoms with Crippen molar-refractivity contribution in [2.24, 2.45) is 0 Å². The van der Waals surface area contributed by atoms with Crippen LogP contribution in [0.3, 0.4) is 0 Å². The van der Waals surface area contributed by atoms with Crippen molar-refractivity contribution in [3.8, 4) is 11.5 Å². The summed E-state index contributed by atoms with van der Waals surface area (Å²) in [4.78, 5) is 11.6. The van der Waals surface area contributed by atoms with Crippen molar-refractivity contribution in [1.29, 1.82) is 0 Å². The number of hydrogen-bond donors (Lipinski definition) is 2. The predicted octanol–water partition coefficient (Wildman–Crippen LogP) is 4.31. The lowest BCUT2D eigenvalue weighted by Gasteiger charge is -2.09. The van der Waals surface area contributed by atoms with Gasteiger partial charge in [0.2, 0.25) is 0 Å².